The molecule has 0 unspecified atom stereocenters. The number of carbonyl (C=O) groups is 3. The van der Waals surface area contributed by atoms with Crippen LogP contribution in [0.1, 0.15) is 32.7 Å². The van der Waals surface area contributed by atoms with Crippen LogP contribution in [0.4, 0.5) is 4.79 Å². The number of benzene rings is 3. The van der Waals surface area contributed by atoms with Gasteiger partial charge >= 0.3 is 12.1 Å². The van der Waals surface area contributed by atoms with Crippen molar-refractivity contribution in [1.29, 1.82) is 0 Å². The Morgan fingerprint density at radius 3 is 2.40 bits per heavy atom. The molecule has 0 bridgehead atoms. The zero-order valence-corrected chi connectivity index (χ0v) is 22.2. The van der Waals surface area contributed by atoms with E-state index in [1.165, 1.54) is 7.11 Å². The summed E-state index contributed by atoms with van der Waals surface area (Å²) in [5, 5.41) is 13.6. The quantitative estimate of drug-likeness (QED) is 0.260. The molecule has 204 valence electrons. The summed E-state index contributed by atoms with van der Waals surface area (Å²) in [6, 6.07) is 22.9. The van der Waals surface area contributed by atoms with Crippen molar-refractivity contribution in [2.45, 2.75) is 20.0 Å². The van der Waals surface area contributed by atoms with Crippen molar-refractivity contribution in [3.8, 4) is 11.5 Å². The third-order valence-corrected chi connectivity index (χ3v) is 6.02. The van der Waals surface area contributed by atoms with Gasteiger partial charge in [-0.1, -0.05) is 60.2 Å². The molecule has 3 aromatic carbocycles. The van der Waals surface area contributed by atoms with Gasteiger partial charge in [0.15, 0.2) is 0 Å². The Kier molecular flexibility index (Phi) is 9.09. The lowest BCUT2D eigenvalue weighted by atomic mass is 10.1. The molecule has 0 fully saturated rings. The number of ketones is 1. The number of carboxylic acid groups (broad SMARTS) is 1. The average molecular weight is 540 g/mol. The standard InChI is InChI=1S/C31H29N3O6/c1-22-8-10-25(11-9-22)30(37)28-16-17-32-34(28)18-4-7-23-5-3-6-24(19-23)20-33(21-29(35)36)31(38)40-27-14-12-26(39-2)13-15-27/h3-17,19H,18,20-21H2,1-2H3,(H,35,36)/b7-4+. The van der Waals surface area contributed by atoms with Crippen LogP contribution in [0.5, 0.6) is 11.5 Å². The molecule has 1 heterocycles. The lowest BCUT2D eigenvalue weighted by Crippen LogP contribution is -2.37. The summed E-state index contributed by atoms with van der Waals surface area (Å²) in [7, 11) is 1.53. The third-order valence-electron chi connectivity index (χ3n) is 6.02. The second kappa shape index (κ2) is 13.1. The van der Waals surface area contributed by atoms with Crippen molar-refractivity contribution in [2.24, 2.45) is 0 Å². The van der Waals surface area contributed by atoms with Crippen LogP contribution in [-0.2, 0) is 17.9 Å². The molecular weight excluding hydrogens is 510 g/mol. The number of methoxy groups -OCH3 is 1. The number of carbonyl (C=O) groups excluding carboxylic acids is 2. The highest BCUT2D eigenvalue weighted by Gasteiger charge is 2.20. The van der Waals surface area contributed by atoms with E-state index in [1.54, 1.807) is 59.4 Å². The Morgan fingerprint density at radius 1 is 0.975 bits per heavy atom. The second-order valence-electron chi connectivity index (χ2n) is 9.03. The van der Waals surface area contributed by atoms with E-state index in [-0.39, 0.29) is 18.1 Å². The number of amides is 1. The average Bonchev–Trinajstić information content (AvgIpc) is 3.41. The van der Waals surface area contributed by atoms with Crippen molar-refractivity contribution >= 4 is 23.9 Å². The van der Waals surface area contributed by atoms with Crippen LogP contribution in [0.25, 0.3) is 6.08 Å². The van der Waals surface area contributed by atoms with Crippen molar-refractivity contribution in [3.63, 3.8) is 0 Å². The van der Waals surface area contributed by atoms with Gasteiger partial charge in [0.1, 0.15) is 23.7 Å². The molecule has 1 N–H and O–H groups in total. The topological polar surface area (TPSA) is 111 Å². The number of nitrogens with zero attached hydrogens (tertiary/aromatic N) is 3. The van der Waals surface area contributed by atoms with E-state index in [0.29, 0.717) is 23.6 Å². The zero-order chi connectivity index (χ0) is 28.5. The van der Waals surface area contributed by atoms with E-state index in [2.05, 4.69) is 5.10 Å². The number of carboxylic acids is 1. The number of ether oxygens (including phenoxy) is 2. The Hall–Kier alpha value is -5.18. The van der Waals surface area contributed by atoms with Gasteiger partial charge in [0.2, 0.25) is 5.78 Å². The molecule has 1 amide bonds. The molecule has 0 saturated heterocycles. The highest BCUT2D eigenvalue weighted by molar-refractivity contribution is 6.07. The Bertz CT molecular complexity index is 1510. The number of aromatic nitrogens is 2. The van der Waals surface area contributed by atoms with E-state index >= 15 is 0 Å². The summed E-state index contributed by atoms with van der Waals surface area (Å²) < 4.78 is 12.1. The minimum atomic E-state index is -1.15. The van der Waals surface area contributed by atoms with Crippen molar-refractivity contribution in [3.05, 3.63) is 119 Å². The van der Waals surface area contributed by atoms with Gasteiger partial charge in [-0.3, -0.25) is 19.2 Å². The van der Waals surface area contributed by atoms with E-state index in [4.69, 9.17) is 9.47 Å². The van der Waals surface area contributed by atoms with Crippen LogP contribution in [-0.4, -0.2) is 51.3 Å². The van der Waals surface area contributed by atoms with Crippen LogP contribution < -0.4 is 9.47 Å². The summed E-state index contributed by atoms with van der Waals surface area (Å²) in [6.45, 7) is 1.86. The van der Waals surface area contributed by atoms with Gasteiger partial charge in [0, 0.05) is 18.3 Å². The molecular formula is C31H29N3O6. The first-order valence-electron chi connectivity index (χ1n) is 12.5. The Morgan fingerprint density at radius 2 is 1.70 bits per heavy atom. The number of hydrogen-bond acceptors (Lipinski definition) is 6. The molecule has 4 aromatic rings. The van der Waals surface area contributed by atoms with Crippen LogP contribution in [0, 0.1) is 6.92 Å². The molecule has 0 atom stereocenters. The maximum Gasteiger partial charge on any atom is 0.416 e. The lowest BCUT2D eigenvalue weighted by Gasteiger charge is -2.20. The van der Waals surface area contributed by atoms with Crippen LogP contribution in [0.2, 0.25) is 0 Å². The molecule has 0 radical (unpaired) electrons. The van der Waals surface area contributed by atoms with Crippen molar-refractivity contribution in [1.82, 2.24) is 14.7 Å². The van der Waals surface area contributed by atoms with E-state index in [9.17, 15) is 19.5 Å². The summed E-state index contributed by atoms with van der Waals surface area (Å²) in [6.07, 6.45) is 4.57. The first-order chi connectivity index (χ1) is 19.3. The van der Waals surface area contributed by atoms with Crippen molar-refractivity contribution < 1.29 is 29.0 Å². The normalized spacial score (nSPS) is 10.8. The van der Waals surface area contributed by atoms with Gasteiger partial charge in [-0.2, -0.15) is 5.10 Å². The number of allylic oxidation sites excluding steroid dienone is 1. The molecule has 9 nitrogen and oxygen atoms in total. The SMILES string of the molecule is COc1ccc(OC(=O)N(CC(=O)O)Cc2cccc(/C=C/Cn3nccc3C(=O)c3ccc(C)cc3)c2)cc1. The number of rotatable bonds is 11. The second-order valence-corrected chi connectivity index (χ2v) is 9.03. The molecule has 0 aliphatic carbocycles. The minimum absolute atomic E-state index is 0.0390. The number of aryl methyl sites for hydroxylation is 1. The van der Waals surface area contributed by atoms with Crippen LogP contribution in [0.15, 0.2) is 91.1 Å². The smallest absolute Gasteiger partial charge is 0.416 e. The number of aliphatic carboxylic acids is 1. The Balaban J connectivity index is 1.42. The molecule has 9 heteroatoms. The zero-order valence-electron chi connectivity index (χ0n) is 22.2. The third kappa shape index (κ3) is 7.44. The predicted octanol–water partition coefficient (Wildman–Crippen LogP) is 5.23. The van der Waals surface area contributed by atoms with Crippen molar-refractivity contribution in [2.75, 3.05) is 13.7 Å². The Labute approximate surface area is 231 Å². The summed E-state index contributed by atoms with van der Waals surface area (Å²) >= 11 is 0. The summed E-state index contributed by atoms with van der Waals surface area (Å²) in [5.74, 6) is -0.378. The molecule has 0 spiro atoms. The first-order valence-corrected chi connectivity index (χ1v) is 12.5. The van der Waals surface area contributed by atoms with Gasteiger partial charge in [0.25, 0.3) is 0 Å². The molecule has 4 rings (SSSR count). The first kappa shape index (κ1) is 27.8. The fourth-order valence-corrected chi connectivity index (χ4v) is 3.99. The maximum absolute atomic E-state index is 12.9. The molecule has 0 aliphatic rings. The lowest BCUT2D eigenvalue weighted by molar-refractivity contribution is -0.138. The maximum atomic E-state index is 12.9. The van der Waals surface area contributed by atoms with Gasteiger partial charge < -0.3 is 14.6 Å². The van der Waals surface area contributed by atoms with Gasteiger partial charge in [0.05, 0.1) is 13.7 Å². The van der Waals surface area contributed by atoms with Gasteiger partial charge in [-0.05, 0) is 54.4 Å². The largest absolute Gasteiger partial charge is 0.497 e. The van der Waals surface area contributed by atoms with Crippen LogP contribution in [0.3, 0.4) is 0 Å². The van der Waals surface area contributed by atoms with Gasteiger partial charge in [-0.25, -0.2) is 4.79 Å². The predicted molar refractivity (Wildman–Crippen MR) is 149 cm³/mol. The fourth-order valence-electron chi connectivity index (χ4n) is 3.99. The van der Waals surface area contributed by atoms with E-state index in [1.807, 2.05) is 49.4 Å². The molecule has 40 heavy (non-hydrogen) atoms. The monoisotopic (exact) mass is 539 g/mol. The van der Waals surface area contributed by atoms with Crippen LogP contribution >= 0.6 is 0 Å². The number of hydrogen-bond donors (Lipinski definition) is 1. The van der Waals surface area contributed by atoms with E-state index < -0.39 is 18.6 Å². The summed E-state index contributed by atoms with van der Waals surface area (Å²) in [5.41, 5.74) is 3.73. The van der Waals surface area contributed by atoms with E-state index in [0.717, 1.165) is 21.6 Å². The minimum Gasteiger partial charge on any atom is -0.497 e. The molecule has 0 aliphatic heterocycles. The highest BCUT2D eigenvalue weighted by atomic mass is 16.6. The highest BCUT2D eigenvalue weighted by Crippen LogP contribution is 2.19. The fraction of sp³-hybridized carbons (Fsp3) is 0.161. The molecule has 0 saturated carbocycles. The van der Waals surface area contributed by atoms with Gasteiger partial charge in [-0.15, -0.1) is 0 Å². The molecule has 1 aromatic heterocycles. The summed E-state index contributed by atoms with van der Waals surface area (Å²) in [4.78, 5) is 38.2.